The number of carbonyl (C=O) groups is 1. The molecule has 110 valence electrons. The fraction of sp³-hybridized carbons (Fsp3) is 0.286. The molecule has 0 fully saturated rings. The van der Waals surface area contributed by atoms with E-state index in [1.54, 1.807) is 18.3 Å². The fourth-order valence-electron chi connectivity index (χ4n) is 2.24. The quantitative estimate of drug-likeness (QED) is 0.729. The highest BCUT2D eigenvalue weighted by atomic mass is 16.5. The molecule has 2 aromatic rings. The third kappa shape index (κ3) is 2.76. The summed E-state index contributed by atoms with van der Waals surface area (Å²) in [6.07, 6.45) is 4.47. The van der Waals surface area contributed by atoms with Crippen LogP contribution in [0.2, 0.25) is 0 Å². The molecule has 0 aliphatic carbocycles. The molecule has 1 aromatic heterocycles. The van der Waals surface area contributed by atoms with Gasteiger partial charge in [0.25, 0.3) is 5.91 Å². The van der Waals surface area contributed by atoms with Crippen LogP contribution >= 0.6 is 0 Å². The Hall–Kier alpha value is -2.70. The second-order valence-corrected chi connectivity index (χ2v) is 4.90. The number of imidazole rings is 1. The topological polar surface area (TPSA) is 94.2 Å². The maximum atomic E-state index is 11.3. The number of carbonyl (C=O) groups excluding carboxylic acids is 1. The molecule has 21 heavy (non-hydrogen) atoms. The molecule has 1 aliphatic rings. The van der Waals surface area contributed by atoms with Crippen molar-refractivity contribution in [3.8, 4) is 5.75 Å². The fourth-order valence-corrected chi connectivity index (χ4v) is 2.24. The van der Waals surface area contributed by atoms with Crippen molar-refractivity contribution in [2.45, 2.75) is 6.42 Å². The molecule has 0 spiro atoms. The molecule has 7 heteroatoms. The van der Waals surface area contributed by atoms with E-state index in [0.717, 1.165) is 17.9 Å². The van der Waals surface area contributed by atoms with Gasteiger partial charge < -0.3 is 25.7 Å². The number of hydrogen-bond acceptors (Lipinski definition) is 5. The molecular formula is C14H17N5O2. The van der Waals surface area contributed by atoms with Gasteiger partial charge in [0.1, 0.15) is 11.6 Å². The van der Waals surface area contributed by atoms with E-state index in [9.17, 15) is 4.79 Å². The second kappa shape index (κ2) is 5.35. The number of fused-ring (bicyclic) bond motifs is 1. The number of anilines is 3. The Kier molecular flexibility index (Phi) is 3.39. The molecule has 0 atom stereocenters. The number of nitrogens with two attached hydrogens (primary N) is 1. The van der Waals surface area contributed by atoms with E-state index in [4.69, 9.17) is 10.5 Å². The number of nitrogens with zero attached hydrogens (tertiary/aromatic N) is 2. The molecule has 0 bridgehead atoms. The lowest BCUT2D eigenvalue weighted by molar-refractivity contribution is -0.118. The van der Waals surface area contributed by atoms with Crippen LogP contribution in [0.4, 0.5) is 17.1 Å². The van der Waals surface area contributed by atoms with Gasteiger partial charge in [-0.1, -0.05) is 0 Å². The third-order valence-corrected chi connectivity index (χ3v) is 3.37. The van der Waals surface area contributed by atoms with E-state index in [1.807, 2.05) is 17.8 Å². The lowest BCUT2D eigenvalue weighted by Gasteiger charge is -2.20. The zero-order valence-corrected chi connectivity index (χ0v) is 11.7. The summed E-state index contributed by atoms with van der Waals surface area (Å²) in [5.41, 5.74) is 7.99. The van der Waals surface area contributed by atoms with E-state index >= 15 is 0 Å². The summed E-state index contributed by atoms with van der Waals surface area (Å²) in [5, 5.41) is 6.02. The molecule has 0 saturated heterocycles. The first-order chi connectivity index (χ1) is 10.1. The number of benzene rings is 1. The summed E-state index contributed by atoms with van der Waals surface area (Å²) in [4.78, 5) is 15.6. The van der Waals surface area contributed by atoms with Crippen LogP contribution in [-0.4, -0.2) is 28.6 Å². The maximum Gasteiger partial charge on any atom is 0.262 e. The normalized spacial score (nSPS) is 13.3. The van der Waals surface area contributed by atoms with Gasteiger partial charge in [-0.15, -0.1) is 0 Å². The van der Waals surface area contributed by atoms with Crippen LogP contribution in [0.1, 0.15) is 5.82 Å². The van der Waals surface area contributed by atoms with Gasteiger partial charge in [-0.3, -0.25) is 4.79 Å². The minimum Gasteiger partial charge on any atom is -0.482 e. The van der Waals surface area contributed by atoms with Gasteiger partial charge in [0.05, 0.1) is 17.1 Å². The Balaban J connectivity index is 1.69. The molecule has 2 heterocycles. The highest BCUT2D eigenvalue weighted by Crippen LogP contribution is 2.35. The Morgan fingerprint density at radius 2 is 2.38 bits per heavy atom. The maximum absolute atomic E-state index is 11.3. The minimum atomic E-state index is -0.161. The Morgan fingerprint density at radius 1 is 1.52 bits per heavy atom. The molecule has 1 aliphatic heterocycles. The third-order valence-electron chi connectivity index (χ3n) is 3.37. The number of hydrogen-bond donors (Lipinski definition) is 3. The van der Waals surface area contributed by atoms with Crippen molar-refractivity contribution >= 4 is 23.0 Å². The monoisotopic (exact) mass is 287 g/mol. The average molecular weight is 287 g/mol. The van der Waals surface area contributed by atoms with Gasteiger partial charge in [-0.05, 0) is 6.07 Å². The van der Waals surface area contributed by atoms with Crippen molar-refractivity contribution in [3.63, 3.8) is 0 Å². The lowest BCUT2D eigenvalue weighted by atomic mass is 10.2. The van der Waals surface area contributed by atoms with Crippen molar-refractivity contribution in [2.75, 3.05) is 29.5 Å². The van der Waals surface area contributed by atoms with Crippen LogP contribution in [0.3, 0.4) is 0 Å². The predicted octanol–water partition coefficient (Wildman–Crippen LogP) is 0.988. The van der Waals surface area contributed by atoms with E-state index in [-0.39, 0.29) is 12.5 Å². The van der Waals surface area contributed by atoms with Gasteiger partial charge >= 0.3 is 0 Å². The summed E-state index contributed by atoms with van der Waals surface area (Å²) in [5.74, 6) is 1.43. The first-order valence-electron chi connectivity index (χ1n) is 6.70. The van der Waals surface area contributed by atoms with Crippen LogP contribution < -0.4 is 21.1 Å². The number of aryl methyl sites for hydroxylation is 1. The lowest BCUT2D eigenvalue weighted by Crippen LogP contribution is -2.25. The highest BCUT2D eigenvalue weighted by Gasteiger charge is 2.17. The van der Waals surface area contributed by atoms with Crippen LogP contribution in [0.5, 0.6) is 5.75 Å². The first kappa shape index (κ1) is 13.3. The number of amides is 1. The van der Waals surface area contributed by atoms with Crippen LogP contribution in [0.25, 0.3) is 0 Å². The molecule has 0 unspecified atom stereocenters. The van der Waals surface area contributed by atoms with Crippen LogP contribution in [0.15, 0.2) is 24.5 Å². The van der Waals surface area contributed by atoms with Gasteiger partial charge in [-0.25, -0.2) is 4.98 Å². The van der Waals surface area contributed by atoms with Crippen molar-refractivity contribution in [1.82, 2.24) is 9.55 Å². The van der Waals surface area contributed by atoms with E-state index < -0.39 is 0 Å². The molecule has 1 amide bonds. The van der Waals surface area contributed by atoms with Gasteiger partial charge in [0.15, 0.2) is 6.61 Å². The van der Waals surface area contributed by atoms with Crippen LogP contribution in [-0.2, 0) is 18.3 Å². The van der Waals surface area contributed by atoms with Crippen LogP contribution in [0, 0.1) is 0 Å². The summed E-state index contributed by atoms with van der Waals surface area (Å²) in [7, 11) is 1.96. The van der Waals surface area contributed by atoms with Crippen molar-refractivity contribution in [1.29, 1.82) is 0 Å². The van der Waals surface area contributed by atoms with Crippen molar-refractivity contribution in [3.05, 3.63) is 30.4 Å². The molecular weight excluding hydrogens is 270 g/mol. The number of ether oxygens (including phenoxy) is 1. The van der Waals surface area contributed by atoms with Gasteiger partial charge in [0.2, 0.25) is 0 Å². The zero-order chi connectivity index (χ0) is 14.8. The number of nitrogen functional groups attached to an aromatic ring is 1. The van der Waals surface area contributed by atoms with E-state index in [2.05, 4.69) is 15.6 Å². The summed E-state index contributed by atoms with van der Waals surface area (Å²) in [6.45, 7) is 0.723. The predicted molar refractivity (Wildman–Crippen MR) is 80.4 cm³/mol. The average Bonchev–Trinajstić information content (AvgIpc) is 2.85. The molecule has 7 nitrogen and oxygen atoms in total. The summed E-state index contributed by atoms with van der Waals surface area (Å²) >= 11 is 0. The van der Waals surface area contributed by atoms with Gasteiger partial charge in [0, 0.05) is 38.5 Å². The van der Waals surface area contributed by atoms with Crippen molar-refractivity contribution < 1.29 is 9.53 Å². The number of nitrogens with one attached hydrogen (secondary N) is 2. The summed E-state index contributed by atoms with van der Waals surface area (Å²) < 4.78 is 7.30. The number of aromatic nitrogens is 2. The van der Waals surface area contributed by atoms with E-state index in [1.165, 1.54) is 0 Å². The van der Waals surface area contributed by atoms with E-state index in [0.29, 0.717) is 23.7 Å². The van der Waals surface area contributed by atoms with Gasteiger partial charge in [-0.2, -0.15) is 0 Å². The smallest absolute Gasteiger partial charge is 0.262 e. The number of rotatable bonds is 4. The zero-order valence-electron chi connectivity index (χ0n) is 11.7. The standard InChI is InChI=1S/C14H17N5O2/c1-19-5-4-17-13(19)2-3-16-10-7-11-12(6-9(10)15)21-8-14(20)18-11/h4-7,16H,2-3,8,15H2,1H3,(H,18,20). The first-order valence-corrected chi connectivity index (χ1v) is 6.70. The highest BCUT2D eigenvalue weighted by molar-refractivity contribution is 5.97. The Morgan fingerprint density at radius 3 is 3.14 bits per heavy atom. The molecule has 4 N–H and O–H groups in total. The minimum absolute atomic E-state index is 0.0262. The molecule has 1 aromatic carbocycles. The Labute approximate surface area is 122 Å². The molecule has 0 saturated carbocycles. The second-order valence-electron chi connectivity index (χ2n) is 4.90. The SMILES string of the molecule is Cn1ccnc1CCNc1cc2c(cc1N)OCC(=O)N2. The van der Waals surface area contributed by atoms with Crippen molar-refractivity contribution in [2.24, 2.45) is 7.05 Å². The Bertz CT molecular complexity index is 680. The largest absolute Gasteiger partial charge is 0.482 e. The summed E-state index contributed by atoms with van der Waals surface area (Å²) in [6, 6.07) is 3.51. The molecule has 3 rings (SSSR count). The molecule has 0 radical (unpaired) electrons.